The van der Waals surface area contributed by atoms with E-state index in [-0.39, 0.29) is 0 Å². The van der Waals surface area contributed by atoms with Crippen molar-refractivity contribution in [3.63, 3.8) is 0 Å². The van der Waals surface area contributed by atoms with Crippen LogP contribution in [0.15, 0.2) is 0 Å². The minimum absolute atomic E-state index is 0.995. The van der Waals surface area contributed by atoms with Gasteiger partial charge in [-0.25, -0.2) is 0 Å². The molecule has 0 aliphatic heterocycles. The van der Waals surface area contributed by atoms with Gasteiger partial charge in [0.15, 0.2) is 0 Å². The van der Waals surface area contributed by atoms with Crippen LogP contribution in [0, 0.1) is 0 Å². The van der Waals surface area contributed by atoms with Gasteiger partial charge < -0.3 is 5.11 Å². The Kier molecular flexibility index (Phi) is 8.71. The number of rotatable bonds is 9. The number of hydrogen-bond donors (Lipinski definition) is 1. The van der Waals surface area contributed by atoms with Crippen molar-refractivity contribution in [1.82, 2.24) is 0 Å². The summed E-state index contributed by atoms with van der Waals surface area (Å²) < 4.78 is 297. The van der Waals surface area contributed by atoms with E-state index in [0.717, 1.165) is 14.2 Å². The lowest BCUT2D eigenvalue weighted by Gasteiger charge is -2.42. The highest BCUT2D eigenvalue weighted by Gasteiger charge is 2.88. The largest absolute Gasteiger partial charge is 0.483 e. The van der Waals surface area contributed by atoms with E-state index in [1.807, 2.05) is 0 Å². The molecule has 0 heterocycles. The van der Waals surface area contributed by atoms with Crippen molar-refractivity contribution in [1.29, 1.82) is 0 Å². The van der Waals surface area contributed by atoms with E-state index < -0.39 is 66.7 Å². The molecule has 0 amide bonds. The molecule has 4 nitrogen and oxygen atoms in total. The van der Waals surface area contributed by atoms with Crippen LogP contribution in [0.5, 0.6) is 0 Å². The molecule has 0 saturated carbocycles. The normalized spacial score (nSPS) is 20.5. The van der Waals surface area contributed by atoms with Crippen LogP contribution in [-0.4, -0.2) is 71.8 Å². The third kappa shape index (κ3) is 6.02. The lowest BCUT2D eigenvalue weighted by atomic mass is 10.2. The summed E-state index contributed by atoms with van der Waals surface area (Å²) in [7, 11) is 0. The van der Waals surface area contributed by atoms with E-state index in [0.29, 0.717) is 0 Å². The summed E-state index contributed by atoms with van der Waals surface area (Å²) >= 11 is 0. The molecular weight excluding hydrogens is 633 g/mol. The van der Waals surface area contributed by atoms with Crippen molar-refractivity contribution < 1.29 is 120 Å². The Balaban J connectivity index is 7.18. The maximum atomic E-state index is 13.9. The van der Waals surface area contributed by atoms with Gasteiger partial charge in [0.25, 0.3) is 0 Å². The molecule has 0 aromatic carbocycles. The van der Waals surface area contributed by atoms with Crippen LogP contribution in [0.3, 0.4) is 0 Å². The van der Waals surface area contributed by atoms with Gasteiger partial charge in [0.2, 0.25) is 0 Å². The SMILES string of the molecule is OC(F)(F)C(F)(OC(F)(F)C(F)(OC(F)(F)C(F)(OC(F)(F)C(F)(F)F)C(F)(F)F)C(F)(F)F)C(F)(F)F. The second-order valence-electron chi connectivity index (χ2n) is 6.17. The molecule has 0 bridgehead atoms. The molecule has 1 N–H and O–H groups in total. The van der Waals surface area contributed by atoms with Crippen LogP contribution < -0.4 is 0 Å². The third-order valence-electron chi connectivity index (χ3n) is 3.37. The first-order valence-corrected chi connectivity index (χ1v) is 7.54. The average Bonchev–Trinajstić information content (AvgIpc) is 2.55. The molecule has 230 valence electrons. The predicted molar refractivity (Wildman–Crippen MR) is 61.0 cm³/mol. The Bertz CT molecular complexity index is 817. The van der Waals surface area contributed by atoms with Crippen molar-refractivity contribution in [2.75, 3.05) is 0 Å². The summed E-state index contributed by atoms with van der Waals surface area (Å²) in [4.78, 5) is 0. The molecule has 0 spiro atoms. The Morgan fingerprint density at radius 1 is 0.289 bits per heavy atom. The molecule has 3 atom stereocenters. The van der Waals surface area contributed by atoms with Gasteiger partial charge in [-0.3, -0.25) is 14.2 Å². The fourth-order valence-electron chi connectivity index (χ4n) is 1.57. The fourth-order valence-corrected chi connectivity index (χ4v) is 1.57. The maximum Gasteiger partial charge on any atom is 0.483 e. The lowest BCUT2D eigenvalue weighted by Crippen LogP contribution is -2.71. The zero-order valence-corrected chi connectivity index (χ0v) is 15.9. The van der Waals surface area contributed by atoms with Crippen LogP contribution in [0.1, 0.15) is 0 Å². The first-order chi connectivity index (χ1) is 15.9. The van der Waals surface area contributed by atoms with Crippen molar-refractivity contribution in [2.45, 2.75) is 66.7 Å². The predicted octanol–water partition coefficient (Wildman–Crippen LogP) is 6.65. The maximum absolute atomic E-state index is 13.9. The van der Waals surface area contributed by atoms with E-state index in [2.05, 4.69) is 0 Å². The topological polar surface area (TPSA) is 47.9 Å². The second kappa shape index (κ2) is 9.13. The second-order valence-corrected chi connectivity index (χ2v) is 6.17. The highest BCUT2D eigenvalue weighted by Crippen LogP contribution is 2.59. The smallest absolute Gasteiger partial charge is 0.331 e. The minimum Gasteiger partial charge on any atom is -0.331 e. The number of ether oxygens (including phenoxy) is 3. The zero-order chi connectivity index (χ0) is 31.6. The quantitative estimate of drug-likeness (QED) is 0.289. The Hall–Kier alpha value is -1.77. The van der Waals surface area contributed by atoms with Crippen LogP contribution in [0.4, 0.5) is 101 Å². The van der Waals surface area contributed by atoms with Gasteiger partial charge in [0.1, 0.15) is 0 Å². The molecule has 0 aliphatic rings. The van der Waals surface area contributed by atoms with E-state index in [4.69, 9.17) is 5.11 Å². The van der Waals surface area contributed by atoms with Crippen LogP contribution in [0.25, 0.3) is 0 Å². The fraction of sp³-hybridized carbons (Fsp3) is 1.00. The molecule has 0 aromatic rings. The standard InChI is InChI=1S/C11HF23O4/c12-1(4(15,16)17,8(27,28)35)36-9(29,30)2(13,5(18,19)20)37-10(31,32)3(14,6(21,22)23)38-11(33,34)7(24,25)26/h35H. The number of aliphatic hydroxyl groups is 1. The lowest BCUT2D eigenvalue weighted by molar-refractivity contribution is -0.587. The molecular formula is C11HF23O4. The molecule has 0 aromatic heterocycles. The van der Waals surface area contributed by atoms with Gasteiger partial charge in [-0.05, 0) is 0 Å². The van der Waals surface area contributed by atoms with Crippen molar-refractivity contribution in [3.05, 3.63) is 0 Å². The molecule has 27 heteroatoms. The first kappa shape index (κ1) is 36.2. The van der Waals surface area contributed by atoms with Gasteiger partial charge in [0.05, 0.1) is 0 Å². The number of alkyl halides is 23. The van der Waals surface area contributed by atoms with Gasteiger partial charge in [-0.15, -0.1) is 0 Å². The van der Waals surface area contributed by atoms with E-state index in [9.17, 15) is 101 Å². The van der Waals surface area contributed by atoms with Gasteiger partial charge >= 0.3 is 66.7 Å². The van der Waals surface area contributed by atoms with Gasteiger partial charge in [0, 0.05) is 0 Å². The average molecular weight is 634 g/mol. The first-order valence-electron chi connectivity index (χ1n) is 7.54. The Morgan fingerprint density at radius 3 is 0.684 bits per heavy atom. The monoisotopic (exact) mass is 634 g/mol. The number of halogens is 23. The molecule has 3 unspecified atom stereocenters. The van der Waals surface area contributed by atoms with Gasteiger partial charge in [-0.2, -0.15) is 101 Å². The van der Waals surface area contributed by atoms with E-state index >= 15 is 0 Å². The minimum atomic E-state index is -8.70. The van der Waals surface area contributed by atoms with Crippen molar-refractivity contribution >= 4 is 0 Å². The molecule has 0 aliphatic carbocycles. The van der Waals surface area contributed by atoms with Crippen LogP contribution in [-0.2, 0) is 14.2 Å². The number of hydrogen-bond acceptors (Lipinski definition) is 4. The highest BCUT2D eigenvalue weighted by molar-refractivity contribution is 4.97. The Labute approximate surface area is 188 Å². The molecule has 0 fully saturated rings. The summed E-state index contributed by atoms with van der Waals surface area (Å²) in [5, 5.41) is 7.68. The summed E-state index contributed by atoms with van der Waals surface area (Å²) in [5.74, 6) is -25.2. The zero-order valence-electron chi connectivity index (χ0n) is 15.9. The molecule has 0 saturated heterocycles. The molecule has 0 radical (unpaired) electrons. The molecule has 38 heavy (non-hydrogen) atoms. The van der Waals surface area contributed by atoms with E-state index in [1.54, 1.807) is 0 Å². The van der Waals surface area contributed by atoms with Crippen molar-refractivity contribution in [3.8, 4) is 0 Å². The van der Waals surface area contributed by atoms with Gasteiger partial charge in [-0.1, -0.05) is 0 Å². The Morgan fingerprint density at radius 2 is 0.500 bits per heavy atom. The summed E-state index contributed by atoms with van der Waals surface area (Å²) in [5.41, 5.74) is 0. The summed E-state index contributed by atoms with van der Waals surface area (Å²) in [6.07, 6.45) is -65.0. The van der Waals surface area contributed by atoms with Crippen molar-refractivity contribution in [2.24, 2.45) is 0 Å². The third-order valence-corrected chi connectivity index (χ3v) is 3.37. The van der Waals surface area contributed by atoms with Crippen LogP contribution >= 0.6 is 0 Å². The summed E-state index contributed by atoms with van der Waals surface area (Å²) in [6.45, 7) is 0. The van der Waals surface area contributed by atoms with E-state index in [1.165, 1.54) is 0 Å². The summed E-state index contributed by atoms with van der Waals surface area (Å²) in [6, 6.07) is 0. The van der Waals surface area contributed by atoms with Crippen LogP contribution in [0.2, 0.25) is 0 Å². The highest BCUT2D eigenvalue weighted by atomic mass is 19.4. The molecule has 0 rings (SSSR count).